The summed E-state index contributed by atoms with van der Waals surface area (Å²) in [4.78, 5) is 15.7. The molecule has 27 heavy (non-hydrogen) atoms. The fourth-order valence-corrected chi connectivity index (χ4v) is 4.54. The van der Waals surface area contributed by atoms with E-state index in [0.29, 0.717) is 26.8 Å². The number of aromatic nitrogens is 1. The van der Waals surface area contributed by atoms with E-state index in [2.05, 4.69) is 15.0 Å². The van der Waals surface area contributed by atoms with Gasteiger partial charge in [-0.2, -0.15) is 0 Å². The number of nitrogens with zero attached hydrogens (tertiary/aromatic N) is 1. The molecule has 0 aliphatic rings. The lowest BCUT2D eigenvalue weighted by atomic mass is 10.2. The lowest BCUT2D eigenvalue weighted by Crippen LogP contribution is -2.13. The minimum absolute atomic E-state index is 0.182. The first-order valence-electron chi connectivity index (χ1n) is 8.20. The SMILES string of the molecule is CCc1ccc(S(=O)(=O)Nc2cc(OC)c3nc(NC(C)=O)sc3c2)cc1. The van der Waals surface area contributed by atoms with E-state index in [9.17, 15) is 13.2 Å². The Bertz CT molecular complexity index is 1090. The van der Waals surface area contributed by atoms with Gasteiger partial charge in [-0.05, 0) is 30.2 Å². The molecule has 1 amide bonds. The molecule has 7 nitrogen and oxygen atoms in total. The van der Waals surface area contributed by atoms with Gasteiger partial charge in [0.05, 0.1) is 22.4 Å². The molecule has 2 aromatic carbocycles. The molecular formula is C18H19N3O4S2. The number of aryl methyl sites for hydroxylation is 1. The summed E-state index contributed by atoms with van der Waals surface area (Å²) in [5, 5.41) is 3.05. The molecule has 142 valence electrons. The van der Waals surface area contributed by atoms with Crippen LogP contribution in [-0.2, 0) is 21.2 Å². The summed E-state index contributed by atoms with van der Waals surface area (Å²) in [5.41, 5.74) is 1.98. The zero-order valence-corrected chi connectivity index (χ0v) is 16.7. The molecule has 0 radical (unpaired) electrons. The van der Waals surface area contributed by atoms with E-state index < -0.39 is 10.0 Å². The predicted octanol–water partition coefficient (Wildman–Crippen LogP) is 3.63. The highest BCUT2D eigenvalue weighted by Gasteiger charge is 2.17. The number of anilines is 2. The number of nitrogens with one attached hydrogen (secondary N) is 2. The molecule has 0 fully saturated rings. The van der Waals surface area contributed by atoms with Crippen molar-refractivity contribution < 1.29 is 17.9 Å². The van der Waals surface area contributed by atoms with Crippen molar-refractivity contribution in [3.63, 3.8) is 0 Å². The van der Waals surface area contributed by atoms with Crippen molar-refractivity contribution in [3.8, 4) is 5.75 Å². The quantitative estimate of drug-likeness (QED) is 0.653. The number of fused-ring (bicyclic) bond motifs is 1. The number of thiazole rings is 1. The van der Waals surface area contributed by atoms with E-state index in [4.69, 9.17) is 4.74 Å². The van der Waals surface area contributed by atoms with Crippen molar-refractivity contribution in [1.29, 1.82) is 0 Å². The van der Waals surface area contributed by atoms with Crippen molar-refractivity contribution in [2.45, 2.75) is 25.2 Å². The highest BCUT2D eigenvalue weighted by Crippen LogP contribution is 2.36. The minimum Gasteiger partial charge on any atom is -0.494 e. The second kappa shape index (κ2) is 7.53. The second-order valence-corrected chi connectivity index (χ2v) is 8.54. The van der Waals surface area contributed by atoms with Crippen molar-refractivity contribution in [3.05, 3.63) is 42.0 Å². The first-order chi connectivity index (χ1) is 12.8. The second-order valence-electron chi connectivity index (χ2n) is 5.83. The van der Waals surface area contributed by atoms with Crippen LogP contribution >= 0.6 is 11.3 Å². The van der Waals surface area contributed by atoms with E-state index in [0.717, 1.165) is 12.0 Å². The summed E-state index contributed by atoms with van der Waals surface area (Å²) in [6, 6.07) is 9.98. The van der Waals surface area contributed by atoms with Gasteiger partial charge in [0, 0.05) is 13.0 Å². The van der Waals surface area contributed by atoms with Crippen LogP contribution in [0.15, 0.2) is 41.3 Å². The van der Waals surface area contributed by atoms with E-state index in [-0.39, 0.29) is 10.8 Å². The Morgan fingerprint density at radius 1 is 1.22 bits per heavy atom. The van der Waals surface area contributed by atoms with Crippen LogP contribution in [0.1, 0.15) is 19.4 Å². The molecule has 0 unspecified atom stereocenters. The van der Waals surface area contributed by atoms with Crippen molar-refractivity contribution in [1.82, 2.24) is 4.98 Å². The average Bonchev–Trinajstić information content (AvgIpc) is 3.02. The Labute approximate surface area is 161 Å². The fraction of sp³-hybridized carbons (Fsp3) is 0.222. The van der Waals surface area contributed by atoms with Gasteiger partial charge < -0.3 is 10.1 Å². The third-order valence-corrected chi connectivity index (χ3v) is 6.17. The Kier molecular flexibility index (Phi) is 5.33. The summed E-state index contributed by atoms with van der Waals surface area (Å²) in [7, 11) is -2.26. The third-order valence-electron chi connectivity index (χ3n) is 3.86. The summed E-state index contributed by atoms with van der Waals surface area (Å²) in [6.45, 7) is 3.40. The molecule has 0 aliphatic heterocycles. The van der Waals surface area contributed by atoms with Gasteiger partial charge in [-0.25, -0.2) is 13.4 Å². The number of sulfonamides is 1. The molecule has 1 aromatic heterocycles. The van der Waals surface area contributed by atoms with Crippen LogP contribution in [0.5, 0.6) is 5.75 Å². The number of carbonyl (C=O) groups excluding carboxylic acids is 1. The number of amides is 1. The zero-order chi connectivity index (χ0) is 19.6. The summed E-state index contributed by atoms with van der Waals surface area (Å²) >= 11 is 1.24. The standard InChI is InChI=1S/C18H19N3O4S2/c1-4-12-5-7-14(8-6-12)27(23,24)21-13-9-15(25-3)17-16(10-13)26-18(20-17)19-11(2)22/h5-10,21H,4H2,1-3H3,(H,19,20,22). The normalized spacial score (nSPS) is 11.4. The zero-order valence-electron chi connectivity index (χ0n) is 15.1. The Morgan fingerprint density at radius 3 is 2.52 bits per heavy atom. The first-order valence-corrected chi connectivity index (χ1v) is 10.5. The van der Waals surface area contributed by atoms with Gasteiger partial charge in [0.1, 0.15) is 11.3 Å². The molecule has 0 atom stereocenters. The van der Waals surface area contributed by atoms with Crippen LogP contribution in [0.3, 0.4) is 0 Å². The average molecular weight is 406 g/mol. The number of rotatable bonds is 6. The molecule has 2 N–H and O–H groups in total. The molecule has 3 aromatic rings. The van der Waals surface area contributed by atoms with Gasteiger partial charge in [0.2, 0.25) is 5.91 Å². The lowest BCUT2D eigenvalue weighted by Gasteiger charge is -2.10. The maximum absolute atomic E-state index is 12.7. The Hall–Kier alpha value is -2.65. The summed E-state index contributed by atoms with van der Waals surface area (Å²) < 4.78 is 33.9. The molecule has 0 spiro atoms. The van der Waals surface area contributed by atoms with E-state index in [1.807, 2.05) is 6.92 Å². The molecule has 0 saturated carbocycles. The van der Waals surface area contributed by atoms with E-state index in [1.54, 1.807) is 36.4 Å². The molecule has 0 aliphatic carbocycles. The van der Waals surface area contributed by atoms with Crippen LogP contribution in [0.2, 0.25) is 0 Å². The van der Waals surface area contributed by atoms with Crippen molar-refractivity contribution >= 4 is 48.3 Å². The Morgan fingerprint density at radius 2 is 1.93 bits per heavy atom. The number of ether oxygens (including phenoxy) is 1. The number of benzene rings is 2. The monoisotopic (exact) mass is 405 g/mol. The van der Waals surface area contributed by atoms with Gasteiger partial charge in [-0.15, -0.1) is 0 Å². The highest BCUT2D eigenvalue weighted by atomic mass is 32.2. The van der Waals surface area contributed by atoms with E-state index in [1.165, 1.54) is 25.4 Å². The third kappa shape index (κ3) is 4.20. The van der Waals surface area contributed by atoms with Gasteiger partial charge in [0.25, 0.3) is 10.0 Å². The number of hydrogen-bond acceptors (Lipinski definition) is 6. The number of methoxy groups -OCH3 is 1. The van der Waals surface area contributed by atoms with Crippen molar-refractivity contribution in [2.24, 2.45) is 0 Å². The maximum Gasteiger partial charge on any atom is 0.261 e. The molecule has 3 rings (SSSR count). The first kappa shape index (κ1) is 19.1. The minimum atomic E-state index is -3.74. The van der Waals surface area contributed by atoms with Crippen LogP contribution in [0.4, 0.5) is 10.8 Å². The summed E-state index contributed by atoms with van der Waals surface area (Å²) in [6.07, 6.45) is 0.837. The number of carbonyl (C=O) groups is 1. The van der Waals surface area contributed by atoms with Gasteiger partial charge in [0.15, 0.2) is 5.13 Å². The maximum atomic E-state index is 12.7. The van der Waals surface area contributed by atoms with Gasteiger partial charge >= 0.3 is 0 Å². The van der Waals surface area contributed by atoms with Gasteiger partial charge in [-0.3, -0.25) is 9.52 Å². The van der Waals surface area contributed by atoms with Crippen LogP contribution < -0.4 is 14.8 Å². The van der Waals surface area contributed by atoms with Crippen LogP contribution in [0.25, 0.3) is 10.2 Å². The number of hydrogen-bond donors (Lipinski definition) is 2. The fourth-order valence-electron chi connectivity index (χ4n) is 2.54. The Balaban J connectivity index is 1.96. The van der Waals surface area contributed by atoms with Gasteiger partial charge in [-0.1, -0.05) is 30.4 Å². The molecule has 1 heterocycles. The largest absolute Gasteiger partial charge is 0.494 e. The van der Waals surface area contributed by atoms with Crippen LogP contribution in [-0.4, -0.2) is 26.4 Å². The molecule has 0 bridgehead atoms. The lowest BCUT2D eigenvalue weighted by molar-refractivity contribution is -0.114. The highest BCUT2D eigenvalue weighted by molar-refractivity contribution is 7.92. The molecule has 0 saturated heterocycles. The van der Waals surface area contributed by atoms with Crippen LogP contribution in [0, 0.1) is 0 Å². The topological polar surface area (TPSA) is 97.4 Å². The molecule has 9 heteroatoms. The van der Waals surface area contributed by atoms with E-state index >= 15 is 0 Å². The predicted molar refractivity (Wildman–Crippen MR) is 107 cm³/mol. The smallest absolute Gasteiger partial charge is 0.261 e. The summed E-state index contributed by atoms with van der Waals surface area (Å²) in [5.74, 6) is 0.184. The molecular weight excluding hydrogens is 386 g/mol. The van der Waals surface area contributed by atoms with Crippen molar-refractivity contribution in [2.75, 3.05) is 17.1 Å².